The fourth-order valence-electron chi connectivity index (χ4n) is 2.95. The van der Waals surface area contributed by atoms with Gasteiger partial charge in [-0.2, -0.15) is 0 Å². The van der Waals surface area contributed by atoms with Crippen molar-refractivity contribution in [1.29, 1.82) is 0 Å². The van der Waals surface area contributed by atoms with Crippen LogP contribution in [0.4, 0.5) is 4.79 Å². The maximum absolute atomic E-state index is 12.2. The summed E-state index contributed by atoms with van der Waals surface area (Å²) in [5.41, 5.74) is 1.35. The number of rotatable bonds is 2. The number of carbonyl (C=O) groups excluding carboxylic acids is 1. The Morgan fingerprint density at radius 3 is 2.42 bits per heavy atom. The number of carbonyl (C=O) groups is 1. The van der Waals surface area contributed by atoms with Gasteiger partial charge in [0.05, 0.1) is 0 Å². The van der Waals surface area contributed by atoms with Crippen molar-refractivity contribution in [3.63, 3.8) is 0 Å². The van der Waals surface area contributed by atoms with E-state index in [4.69, 9.17) is 0 Å². The molecule has 0 spiro atoms. The second kappa shape index (κ2) is 5.64. The summed E-state index contributed by atoms with van der Waals surface area (Å²) < 4.78 is 0. The molecule has 2 fully saturated rings. The molecule has 0 aromatic heterocycles. The van der Waals surface area contributed by atoms with Gasteiger partial charge in [0, 0.05) is 25.0 Å². The van der Waals surface area contributed by atoms with Crippen molar-refractivity contribution in [2.45, 2.75) is 44.1 Å². The molecule has 1 N–H and O–H groups in total. The van der Waals surface area contributed by atoms with Gasteiger partial charge in [0.15, 0.2) is 0 Å². The Morgan fingerprint density at radius 1 is 1.05 bits per heavy atom. The van der Waals surface area contributed by atoms with Crippen LogP contribution in [0.15, 0.2) is 30.3 Å². The lowest BCUT2D eigenvalue weighted by Crippen LogP contribution is -2.41. The lowest BCUT2D eigenvalue weighted by molar-refractivity contribution is 0.199. The van der Waals surface area contributed by atoms with Gasteiger partial charge in [-0.05, 0) is 24.8 Å². The van der Waals surface area contributed by atoms with Gasteiger partial charge >= 0.3 is 6.03 Å². The number of amides is 2. The highest BCUT2D eigenvalue weighted by atomic mass is 16.2. The molecule has 19 heavy (non-hydrogen) atoms. The van der Waals surface area contributed by atoms with E-state index < -0.39 is 0 Å². The molecule has 1 aliphatic carbocycles. The van der Waals surface area contributed by atoms with Crippen LogP contribution >= 0.6 is 0 Å². The van der Waals surface area contributed by atoms with Gasteiger partial charge in [-0.25, -0.2) is 4.79 Å². The standard InChI is InChI=1S/C16H22N2O/c19-16(18-10-6-1-2-7-11-18)17-15-12-14(15)13-8-4-3-5-9-13/h3-5,8-9,14-15H,1-2,6-7,10-12H2,(H,17,19). The predicted molar refractivity (Wildman–Crippen MR) is 76.2 cm³/mol. The maximum Gasteiger partial charge on any atom is 0.317 e. The molecule has 3 heteroatoms. The number of nitrogens with zero attached hydrogens (tertiary/aromatic N) is 1. The van der Waals surface area contributed by atoms with Crippen molar-refractivity contribution in [3.8, 4) is 0 Å². The van der Waals surface area contributed by atoms with Crippen molar-refractivity contribution >= 4 is 6.03 Å². The lowest BCUT2D eigenvalue weighted by Gasteiger charge is -2.20. The Bertz CT molecular complexity index is 424. The molecule has 2 amide bonds. The summed E-state index contributed by atoms with van der Waals surface area (Å²) in [6.45, 7) is 1.85. The van der Waals surface area contributed by atoms with E-state index in [-0.39, 0.29) is 6.03 Å². The van der Waals surface area contributed by atoms with Crippen LogP contribution in [0.25, 0.3) is 0 Å². The Labute approximate surface area is 115 Å². The number of benzene rings is 1. The first-order valence-electron chi connectivity index (χ1n) is 7.45. The molecular weight excluding hydrogens is 236 g/mol. The highest BCUT2D eigenvalue weighted by Gasteiger charge is 2.40. The number of hydrogen-bond acceptors (Lipinski definition) is 1. The number of urea groups is 1. The maximum atomic E-state index is 12.2. The van der Waals surface area contributed by atoms with Gasteiger partial charge in [-0.1, -0.05) is 43.2 Å². The highest BCUT2D eigenvalue weighted by Crippen LogP contribution is 2.40. The number of nitrogens with one attached hydrogen (secondary N) is 1. The molecular formula is C16H22N2O. The van der Waals surface area contributed by atoms with E-state index >= 15 is 0 Å². The minimum Gasteiger partial charge on any atom is -0.335 e. The average Bonchev–Trinajstić information content (AvgIpc) is 3.22. The SMILES string of the molecule is O=C(NC1CC1c1ccccc1)N1CCCCCC1. The Kier molecular flexibility index (Phi) is 3.72. The average molecular weight is 258 g/mol. The van der Waals surface area contributed by atoms with Crippen LogP contribution < -0.4 is 5.32 Å². The smallest absolute Gasteiger partial charge is 0.317 e. The fraction of sp³-hybridized carbons (Fsp3) is 0.562. The van der Waals surface area contributed by atoms with E-state index in [2.05, 4.69) is 29.6 Å². The van der Waals surface area contributed by atoms with Crippen molar-refractivity contribution in [3.05, 3.63) is 35.9 Å². The third-order valence-corrected chi connectivity index (χ3v) is 4.22. The van der Waals surface area contributed by atoms with Crippen molar-refractivity contribution in [1.82, 2.24) is 10.2 Å². The Morgan fingerprint density at radius 2 is 1.74 bits per heavy atom. The van der Waals surface area contributed by atoms with Crippen LogP contribution in [-0.2, 0) is 0 Å². The van der Waals surface area contributed by atoms with Crippen LogP contribution in [-0.4, -0.2) is 30.1 Å². The van der Waals surface area contributed by atoms with Gasteiger partial charge in [0.25, 0.3) is 0 Å². The molecule has 102 valence electrons. The predicted octanol–water partition coefficient (Wildman–Crippen LogP) is 3.13. The molecule has 1 aromatic rings. The quantitative estimate of drug-likeness (QED) is 0.868. The summed E-state index contributed by atoms with van der Waals surface area (Å²) in [6, 6.07) is 11.0. The molecule has 2 unspecified atom stereocenters. The summed E-state index contributed by atoms with van der Waals surface area (Å²) >= 11 is 0. The molecule has 0 bridgehead atoms. The summed E-state index contributed by atoms with van der Waals surface area (Å²) in [5.74, 6) is 0.525. The summed E-state index contributed by atoms with van der Waals surface area (Å²) in [7, 11) is 0. The van der Waals surface area contributed by atoms with Gasteiger partial charge < -0.3 is 10.2 Å². The van der Waals surface area contributed by atoms with E-state index in [1.54, 1.807) is 0 Å². The Balaban J connectivity index is 1.51. The molecule has 0 radical (unpaired) electrons. The summed E-state index contributed by atoms with van der Waals surface area (Å²) in [4.78, 5) is 14.2. The molecule has 3 nitrogen and oxygen atoms in total. The van der Waals surface area contributed by atoms with E-state index in [1.165, 1.54) is 18.4 Å². The van der Waals surface area contributed by atoms with Crippen molar-refractivity contribution < 1.29 is 4.79 Å². The first-order chi connectivity index (χ1) is 9.34. The first-order valence-corrected chi connectivity index (χ1v) is 7.45. The molecule has 3 rings (SSSR count). The normalized spacial score (nSPS) is 26.6. The molecule has 1 aromatic carbocycles. The minimum atomic E-state index is 0.144. The van der Waals surface area contributed by atoms with Crippen LogP contribution in [0, 0.1) is 0 Å². The third-order valence-electron chi connectivity index (χ3n) is 4.22. The van der Waals surface area contributed by atoms with Gasteiger partial charge in [0.2, 0.25) is 0 Å². The largest absolute Gasteiger partial charge is 0.335 e. The molecule has 1 saturated heterocycles. The number of likely N-dealkylation sites (tertiary alicyclic amines) is 1. The number of hydrogen-bond donors (Lipinski definition) is 1. The molecule has 2 atom stereocenters. The van der Waals surface area contributed by atoms with Crippen LogP contribution in [0.3, 0.4) is 0 Å². The molecule has 1 heterocycles. The van der Waals surface area contributed by atoms with Gasteiger partial charge in [0.1, 0.15) is 0 Å². The first kappa shape index (κ1) is 12.5. The summed E-state index contributed by atoms with van der Waals surface area (Å²) in [6.07, 6.45) is 5.92. The molecule has 2 aliphatic rings. The third kappa shape index (κ3) is 3.09. The second-order valence-corrected chi connectivity index (χ2v) is 5.71. The van der Waals surface area contributed by atoms with Gasteiger partial charge in [-0.3, -0.25) is 0 Å². The van der Waals surface area contributed by atoms with Crippen LogP contribution in [0.5, 0.6) is 0 Å². The lowest BCUT2D eigenvalue weighted by atomic mass is 10.1. The fourth-order valence-corrected chi connectivity index (χ4v) is 2.95. The van der Waals surface area contributed by atoms with E-state index in [0.29, 0.717) is 12.0 Å². The van der Waals surface area contributed by atoms with E-state index in [1.807, 2.05) is 11.0 Å². The van der Waals surface area contributed by atoms with Crippen LogP contribution in [0.2, 0.25) is 0 Å². The zero-order valence-electron chi connectivity index (χ0n) is 11.3. The molecule has 1 aliphatic heterocycles. The van der Waals surface area contributed by atoms with E-state index in [0.717, 1.165) is 32.4 Å². The zero-order chi connectivity index (χ0) is 13.1. The molecule has 1 saturated carbocycles. The minimum absolute atomic E-state index is 0.144. The highest BCUT2D eigenvalue weighted by molar-refractivity contribution is 5.75. The topological polar surface area (TPSA) is 32.3 Å². The van der Waals surface area contributed by atoms with E-state index in [9.17, 15) is 4.79 Å². The second-order valence-electron chi connectivity index (χ2n) is 5.71. The van der Waals surface area contributed by atoms with Crippen molar-refractivity contribution in [2.75, 3.05) is 13.1 Å². The van der Waals surface area contributed by atoms with Crippen LogP contribution in [0.1, 0.15) is 43.6 Å². The van der Waals surface area contributed by atoms with Gasteiger partial charge in [-0.15, -0.1) is 0 Å². The zero-order valence-corrected chi connectivity index (χ0v) is 11.3. The monoisotopic (exact) mass is 258 g/mol. The summed E-state index contributed by atoms with van der Waals surface area (Å²) in [5, 5.41) is 3.19. The van der Waals surface area contributed by atoms with Crippen molar-refractivity contribution in [2.24, 2.45) is 0 Å². The Hall–Kier alpha value is -1.51.